The molecule has 0 fully saturated rings. The fourth-order valence-corrected chi connectivity index (χ4v) is 2.82. The van der Waals surface area contributed by atoms with E-state index in [-0.39, 0.29) is 10.9 Å². The van der Waals surface area contributed by atoms with Crippen LogP contribution in [0.2, 0.25) is 0 Å². The van der Waals surface area contributed by atoms with Gasteiger partial charge in [0, 0.05) is 19.3 Å². The molecule has 0 unspecified atom stereocenters. The van der Waals surface area contributed by atoms with Crippen molar-refractivity contribution in [3.05, 3.63) is 106 Å². The summed E-state index contributed by atoms with van der Waals surface area (Å²) < 4.78 is 0. The summed E-state index contributed by atoms with van der Waals surface area (Å²) in [5.74, 6) is 0. The van der Waals surface area contributed by atoms with Gasteiger partial charge in [0.15, 0.2) is 0 Å². The lowest BCUT2D eigenvalue weighted by Crippen LogP contribution is -2.25. The average Bonchev–Trinajstić information content (AvgIpc) is 2.63. The summed E-state index contributed by atoms with van der Waals surface area (Å²) >= 11 is 6.04. The fourth-order valence-electron chi connectivity index (χ4n) is 2.55. The Bertz CT molecular complexity index is 776. The third-order valence-corrected chi connectivity index (χ3v) is 4.11. The molecule has 0 radical (unpaired) electrons. The lowest BCUT2D eigenvalue weighted by Gasteiger charge is -2.25. The van der Waals surface area contributed by atoms with Crippen molar-refractivity contribution in [1.82, 2.24) is 4.90 Å². The van der Waals surface area contributed by atoms with Gasteiger partial charge in [0.25, 0.3) is 0 Å². The third-order valence-electron chi connectivity index (χ3n) is 3.83. The van der Waals surface area contributed by atoms with Gasteiger partial charge in [-0.1, -0.05) is 78.8 Å². The fraction of sp³-hybridized carbons (Fsp3) is 0.150. The van der Waals surface area contributed by atoms with Crippen molar-refractivity contribution in [3.63, 3.8) is 0 Å². The summed E-state index contributed by atoms with van der Waals surface area (Å²) in [5, 5.41) is 11.4. The number of rotatable bonds is 8. The number of halogens is 1. The van der Waals surface area contributed by atoms with E-state index >= 15 is 0 Å². The van der Waals surface area contributed by atoms with Crippen LogP contribution >= 0.6 is 11.6 Å². The van der Waals surface area contributed by atoms with Crippen LogP contribution in [0.3, 0.4) is 0 Å². The van der Waals surface area contributed by atoms with Crippen molar-refractivity contribution in [2.75, 3.05) is 0 Å². The third kappa shape index (κ3) is 5.29. The smallest absolute Gasteiger partial charge is 0.324 e. The van der Waals surface area contributed by atoms with Gasteiger partial charge in [-0.05, 0) is 18.1 Å². The number of nitro groups is 1. The molecule has 2 aromatic rings. The minimum absolute atomic E-state index is 0.186. The molecule has 0 aliphatic rings. The van der Waals surface area contributed by atoms with E-state index < -0.39 is 4.92 Å². The second-order valence-corrected chi connectivity index (χ2v) is 5.98. The van der Waals surface area contributed by atoms with Gasteiger partial charge in [0.1, 0.15) is 0 Å². The van der Waals surface area contributed by atoms with Crippen LogP contribution in [0.5, 0.6) is 0 Å². The first kappa shape index (κ1) is 19.4. The quantitative estimate of drug-likeness (QED) is 0.374. The van der Waals surface area contributed by atoms with Gasteiger partial charge in [-0.25, -0.2) is 4.99 Å². The monoisotopic (exact) mass is 369 g/mol. The van der Waals surface area contributed by atoms with Crippen molar-refractivity contribution in [2.24, 2.45) is 4.99 Å². The molecule has 5 nitrogen and oxygen atoms in total. The topological polar surface area (TPSA) is 58.7 Å². The Labute approximate surface area is 158 Å². The zero-order valence-corrected chi connectivity index (χ0v) is 15.3. The van der Waals surface area contributed by atoms with E-state index in [1.54, 1.807) is 6.92 Å². The molecule has 134 valence electrons. The second kappa shape index (κ2) is 9.53. The molecule has 2 aromatic carbocycles. The normalized spacial score (nSPS) is 12.3. The summed E-state index contributed by atoms with van der Waals surface area (Å²) in [6, 6.07) is 19.6. The molecule has 0 heterocycles. The predicted octanol–water partition coefficient (Wildman–Crippen LogP) is 4.98. The molecule has 6 heteroatoms. The van der Waals surface area contributed by atoms with Crippen molar-refractivity contribution in [3.8, 4) is 0 Å². The van der Waals surface area contributed by atoms with Gasteiger partial charge < -0.3 is 4.90 Å². The Balaban J connectivity index is 2.46. The maximum absolute atomic E-state index is 11.6. The maximum atomic E-state index is 11.6. The van der Waals surface area contributed by atoms with E-state index in [2.05, 4.69) is 11.6 Å². The first-order valence-electron chi connectivity index (χ1n) is 8.05. The number of hydrogen-bond donors (Lipinski definition) is 0. The minimum Gasteiger partial charge on any atom is -0.361 e. The van der Waals surface area contributed by atoms with Gasteiger partial charge in [0.2, 0.25) is 5.17 Å². The molecule has 0 saturated heterocycles. The largest absolute Gasteiger partial charge is 0.361 e. The van der Waals surface area contributed by atoms with Crippen LogP contribution < -0.4 is 0 Å². The molecule has 0 aromatic heterocycles. The molecule has 26 heavy (non-hydrogen) atoms. The van der Waals surface area contributed by atoms with E-state index in [1.165, 1.54) is 6.20 Å². The van der Waals surface area contributed by atoms with Gasteiger partial charge in [-0.3, -0.25) is 10.1 Å². The number of allylic oxidation sites excluding steroid dienone is 2. The van der Waals surface area contributed by atoms with Crippen molar-refractivity contribution < 1.29 is 4.92 Å². The summed E-state index contributed by atoms with van der Waals surface area (Å²) in [5.41, 5.74) is 2.31. The maximum Gasteiger partial charge on any atom is 0.324 e. The van der Waals surface area contributed by atoms with Crippen LogP contribution in [0.4, 0.5) is 0 Å². The van der Waals surface area contributed by atoms with Crippen LogP contribution in [0.1, 0.15) is 18.1 Å². The summed E-state index contributed by atoms with van der Waals surface area (Å²) in [6.45, 7) is 6.16. The van der Waals surface area contributed by atoms with E-state index in [0.29, 0.717) is 18.8 Å². The van der Waals surface area contributed by atoms with Gasteiger partial charge >= 0.3 is 5.70 Å². The molecule has 0 amide bonds. The minimum atomic E-state index is -0.506. The SMILES string of the molecule is C=CN=C(Cl)/C(=C(\C)N(Cc1ccccc1)Cc1ccccc1)[N+](=O)[O-]. The molecule has 0 aliphatic carbocycles. The van der Waals surface area contributed by atoms with Crippen LogP contribution in [-0.4, -0.2) is 15.0 Å². The lowest BCUT2D eigenvalue weighted by atomic mass is 10.1. The highest BCUT2D eigenvalue weighted by Crippen LogP contribution is 2.20. The molecule has 0 aliphatic heterocycles. The molecular weight excluding hydrogens is 350 g/mol. The first-order valence-corrected chi connectivity index (χ1v) is 8.43. The van der Waals surface area contributed by atoms with E-state index in [4.69, 9.17) is 11.6 Å². The Kier molecular flexibility index (Phi) is 7.12. The Hall–Kier alpha value is -2.92. The van der Waals surface area contributed by atoms with E-state index in [0.717, 1.165) is 11.1 Å². The molecule has 2 rings (SSSR count). The number of aliphatic imine (C=N–C) groups is 1. The highest BCUT2D eigenvalue weighted by Gasteiger charge is 2.25. The number of hydrogen-bond acceptors (Lipinski definition) is 4. The number of nitrogens with zero attached hydrogens (tertiary/aromatic N) is 3. The standard InChI is InChI=1S/C20H20ClN3O2/c1-3-22-20(21)19(24(25)26)16(2)23(14-17-10-6-4-7-11-17)15-18-12-8-5-9-13-18/h3-13H,1,14-15H2,2H3/b19-16-,22-20?. The summed E-state index contributed by atoms with van der Waals surface area (Å²) in [6.07, 6.45) is 1.19. The van der Waals surface area contributed by atoms with Crippen molar-refractivity contribution >= 4 is 16.8 Å². The summed E-state index contributed by atoms with van der Waals surface area (Å²) in [4.78, 5) is 16.8. The van der Waals surface area contributed by atoms with Crippen LogP contribution in [0.15, 0.2) is 89.8 Å². The molecule has 0 saturated carbocycles. The predicted molar refractivity (Wildman–Crippen MR) is 105 cm³/mol. The molecule has 0 spiro atoms. The van der Waals surface area contributed by atoms with Crippen molar-refractivity contribution in [2.45, 2.75) is 20.0 Å². The van der Waals surface area contributed by atoms with Gasteiger partial charge in [0.05, 0.1) is 10.6 Å². The lowest BCUT2D eigenvalue weighted by molar-refractivity contribution is -0.416. The highest BCUT2D eigenvalue weighted by atomic mass is 35.5. The van der Waals surface area contributed by atoms with Gasteiger partial charge in [-0.2, -0.15) is 0 Å². The number of benzene rings is 2. The average molecular weight is 370 g/mol. The molecule has 0 bridgehead atoms. The Morgan fingerprint density at radius 2 is 1.58 bits per heavy atom. The molecule has 0 N–H and O–H groups in total. The van der Waals surface area contributed by atoms with Crippen LogP contribution in [-0.2, 0) is 13.1 Å². The second-order valence-electron chi connectivity index (χ2n) is 5.62. The summed E-state index contributed by atoms with van der Waals surface area (Å²) in [7, 11) is 0. The van der Waals surface area contributed by atoms with Crippen LogP contribution in [0.25, 0.3) is 0 Å². The Morgan fingerprint density at radius 3 is 1.96 bits per heavy atom. The van der Waals surface area contributed by atoms with E-state index in [1.807, 2.05) is 65.6 Å². The van der Waals surface area contributed by atoms with E-state index in [9.17, 15) is 10.1 Å². The molecule has 0 atom stereocenters. The van der Waals surface area contributed by atoms with Gasteiger partial charge in [-0.15, -0.1) is 0 Å². The highest BCUT2D eigenvalue weighted by molar-refractivity contribution is 6.69. The molecular formula is C20H20ClN3O2. The van der Waals surface area contributed by atoms with Crippen molar-refractivity contribution in [1.29, 1.82) is 0 Å². The zero-order valence-electron chi connectivity index (χ0n) is 14.5. The Morgan fingerprint density at radius 1 is 1.12 bits per heavy atom. The zero-order chi connectivity index (χ0) is 18.9. The van der Waals surface area contributed by atoms with Crippen LogP contribution in [0, 0.1) is 10.1 Å². The first-order chi connectivity index (χ1) is 12.5.